The Kier molecular flexibility index (Phi) is 5.05. The second-order valence-corrected chi connectivity index (χ2v) is 5.97. The van der Waals surface area contributed by atoms with Crippen LogP contribution in [0.1, 0.15) is 19.4 Å². The molecule has 0 aromatic carbocycles. The van der Waals surface area contributed by atoms with Crippen molar-refractivity contribution in [2.75, 3.05) is 13.1 Å². The van der Waals surface area contributed by atoms with Crippen LogP contribution in [0.2, 0.25) is 5.02 Å². The summed E-state index contributed by atoms with van der Waals surface area (Å²) in [7, 11) is 0. The highest BCUT2D eigenvalue weighted by atomic mass is 35.5. The molecule has 5 nitrogen and oxygen atoms in total. The van der Waals surface area contributed by atoms with Crippen molar-refractivity contribution in [2.24, 2.45) is 0 Å². The third-order valence-electron chi connectivity index (χ3n) is 3.45. The third-order valence-corrected chi connectivity index (χ3v) is 3.72. The van der Waals surface area contributed by atoms with E-state index in [1.807, 2.05) is 0 Å². The summed E-state index contributed by atoms with van der Waals surface area (Å²) in [5.74, 6) is -0.454. The van der Waals surface area contributed by atoms with Gasteiger partial charge in [0.15, 0.2) is 0 Å². The fourth-order valence-corrected chi connectivity index (χ4v) is 2.73. The number of ether oxygens (including phenoxy) is 1. The average Bonchev–Trinajstić information content (AvgIpc) is 2.41. The molecule has 0 N–H and O–H groups in total. The second-order valence-electron chi connectivity index (χ2n) is 5.56. The van der Waals surface area contributed by atoms with Gasteiger partial charge in [0.2, 0.25) is 5.91 Å². The number of hydrogen-bond donors (Lipinski definition) is 0. The molecule has 1 aromatic rings. The fraction of sp³-hybridized carbons (Fsp3) is 0.571. The smallest absolute Gasteiger partial charge is 0.372 e. The van der Waals surface area contributed by atoms with E-state index in [1.165, 1.54) is 4.90 Å². The Morgan fingerprint density at radius 3 is 2.43 bits per heavy atom. The van der Waals surface area contributed by atoms with E-state index in [-0.39, 0.29) is 12.2 Å². The maximum Gasteiger partial charge on any atom is 0.417 e. The molecule has 1 fully saturated rings. The zero-order chi connectivity index (χ0) is 17.4. The Bertz CT molecular complexity index is 650. The average molecular weight is 353 g/mol. The van der Waals surface area contributed by atoms with Crippen molar-refractivity contribution in [3.05, 3.63) is 33.2 Å². The van der Waals surface area contributed by atoms with Crippen molar-refractivity contribution >= 4 is 17.5 Å². The summed E-state index contributed by atoms with van der Waals surface area (Å²) < 4.78 is 44.5. The molecule has 0 spiro atoms. The van der Waals surface area contributed by atoms with Crippen LogP contribution in [-0.4, -0.2) is 40.7 Å². The molecular weight excluding hydrogens is 337 g/mol. The Hall–Kier alpha value is -1.54. The zero-order valence-corrected chi connectivity index (χ0v) is 13.3. The summed E-state index contributed by atoms with van der Waals surface area (Å²) in [5.41, 5.74) is -1.90. The molecule has 0 radical (unpaired) electrons. The Morgan fingerprint density at radius 2 is 1.91 bits per heavy atom. The minimum Gasteiger partial charge on any atom is -0.372 e. The number of hydrogen-bond acceptors (Lipinski definition) is 3. The maximum atomic E-state index is 12.8. The lowest BCUT2D eigenvalue weighted by Crippen LogP contribution is -2.49. The molecule has 1 aromatic heterocycles. The Balaban J connectivity index is 2.24. The van der Waals surface area contributed by atoms with Gasteiger partial charge in [-0.1, -0.05) is 11.6 Å². The highest BCUT2D eigenvalue weighted by molar-refractivity contribution is 6.30. The van der Waals surface area contributed by atoms with Crippen molar-refractivity contribution in [1.29, 1.82) is 0 Å². The summed E-state index contributed by atoms with van der Waals surface area (Å²) in [6, 6.07) is 0.559. The summed E-state index contributed by atoms with van der Waals surface area (Å²) >= 11 is 5.56. The summed E-state index contributed by atoms with van der Waals surface area (Å²) in [5, 5.41) is -0.573. The van der Waals surface area contributed by atoms with Crippen LogP contribution in [0, 0.1) is 0 Å². The van der Waals surface area contributed by atoms with Crippen LogP contribution in [0.5, 0.6) is 0 Å². The monoisotopic (exact) mass is 352 g/mol. The van der Waals surface area contributed by atoms with E-state index in [2.05, 4.69) is 0 Å². The zero-order valence-electron chi connectivity index (χ0n) is 12.6. The molecule has 1 aliphatic heterocycles. The number of pyridine rings is 1. The quantitative estimate of drug-likeness (QED) is 0.819. The van der Waals surface area contributed by atoms with Crippen LogP contribution >= 0.6 is 11.6 Å². The van der Waals surface area contributed by atoms with Crippen LogP contribution in [0.15, 0.2) is 17.1 Å². The van der Waals surface area contributed by atoms with E-state index in [0.29, 0.717) is 29.9 Å². The third kappa shape index (κ3) is 4.26. The Morgan fingerprint density at radius 1 is 1.35 bits per heavy atom. The number of rotatable bonds is 2. The van der Waals surface area contributed by atoms with Gasteiger partial charge in [-0.2, -0.15) is 13.2 Å². The number of amides is 1. The number of nitrogens with zero attached hydrogens (tertiary/aromatic N) is 2. The first-order valence-corrected chi connectivity index (χ1v) is 7.36. The van der Waals surface area contributed by atoms with Crippen LogP contribution in [0.3, 0.4) is 0 Å². The molecule has 1 aliphatic rings. The molecule has 2 heterocycles. The van der Waals surface area contributed by atoms with E-state index in [0.717, 1.165) is 0 Å². The number of carbonyl (C=O) groups is 1. The number of aromatic nitrogens is 1. The number of halogens is 4. The van der Waals surface area contributed by atoms with Gasteiger partial charge in [-0.15, -0.1) is 0 Å². The van der Waals surface area contributed by atoms with Crippen LogP contribution in [0.25, 0.3) is 0 Å². The minimum absolute atomic E-state index is 0.176. The minimum atomic E-state index is -4.65. The van der Waals surface area contributed by atoms with E-state index in [1.54, 1.807) is 13.8 Å². The van der Waals surface area contributed by atoms with Crippen LogP contribution < -0.4 is 5.56 Å². The first-order chi connectivity index (χ1) is 10.6. The molecule has 1 amide bonds. The van der Waals surface area contributed by atoms with Gasteiger partial charge in [-0.05, 0) is 19.9 Å². The largest absolute Gasteiger partial charge is 0.417 e. The van der Waals surface area contributed by atoms with Crippen LogP contribution in [-0.2, 0) is 22.3 Å². The summed E-state index contributed by atoms with van der Waals surface area (Å²) in [4.78, 5) is 25.6. The highest BCUT2D eigenvalue weighted by Crippen LogP contribution is 2.29. The molecule has 128 valence electrons. The van der Waals surface area contributed by atoms with E-state index in [4.69, 9.17) is 16.3 Å². The molecule has 2 atom stereocenters. The lowest BCUT2D eigenvalue weighted by Gasteiger charge is -2.35. The number of carbonyl (C=O) groups excluding carboxylic acids is 1. The van der Waals surface area contributed by atoms with Gasteiger partial charge in [0.1, 0.15) is 11.6 Å². The van der Waals surface area contributed by atoms with Gasteiger partial charge in [0.25, 0.3) is 5.56 Å². The molecule has 1 saturated heterocycles. The standard InChI is InChI=1S/C14H16ClF3N2O3/c1-8-4-19(5-9(2)23-8)12(21)7-20-6-10(14(16,17)18)3-11(15)13(20)22/h3,6,8-9H,4-5,7H2,1-2H3/t8-,9-/m1/s1. The van der Waals surface area contributed by atoms with E-state index in [9.17, 15) is 22.8 Å². The highest BCUT2D eigenvalue weighted by Gasteiger charge is 2.33. The first-order valence-electron chi connectivity index (χ1n) is 6.98. The molecule has 23 heavy (non-hydrogen) atoms. The summed E-state index contributed by atoms with van der Waals surface area (Å²) in [6.07, 6.45) is -4.39. The predicted octanol–water partition coefficient (Wildman–Crippen LogP) is 2.16. The molecular formula is C14H16ClF3N2O3. The van der Waals surface area contributed by atoms with Gasteiger partial charge in [-0.3, -0.25) is 9.59 Å². The maximum absolute atomic E-state index is 12.8. The second kappa shape index (κ2) is 6.52. The lowest BCUT2D eigenvalue weighted by molar-refractivity contribution is -0.144. The van der Waals surface area contributed by atoms with Crippen molar-refractivity contribution in [3.63, 3.8) is 0 Å². The van der Waals surface area contributed by atoms with Gasteiger partial charge < -0.3 is 14.2 Å². The number of morpholine rings is 1. The molecule has 2 rings (SSSR count). The topological polar surface area (TPSA) is 51.5 Å². The predicted molar refractivity (Wildman–Crippen MR) is 77.3 cm³/mol. The summed E-state index contributed by atoms with van der Waals surface area (Å²) in [6.45, 7) is 3.74. The van der Waals surface area contributed by atoms with Crippen molar-refractivity contribution in [2.45, 2.75) is 38.8 Å². The van der Waals surface area contributed by atoms with Gasteiger partial charge in [0, 0.05) is 19.3 Å². The molecule has 0 unspecified atom stereocenters. The molecule has 0 bridgehead atoms. The van der Waals surface area contributed by atoms with Crippen LogP contribution in [0.4, 0.5) is 13.2 Å². The van der Waals surface area contributed by atoms with E-state index >= 15 is 0 Å². The SMILES string of the molecule is C[C@@H]1CN(C(=O)Cn2cc(C(F)(F)F)cc(Cl)c2=O)C[C@@H](C)O1. The lowest BCUT2D eigenvalue weighted by atomic mass is 10.2. The molecule has 9 heteroatoms. The molecule has 0 saturated carbocycles. The van der Waals surface area contributed by atoms with Crippen molar-refractivity contribution in [3.8, 4) is 0 Å². The fourth-order valence-electron chi connectivity index (χ4n) is 2.50. The normalized spacial score (nSPS) is 22.3. The van der Waals surface area contributed by atoms with E-state index < -0.39 is 34.8 Å². The van der Waals surface area contributed by atoms with Gasteiger partial charge in [0.05, 0.1) is 17.8 Å². The molecule has 0 aliphatic carbocycles. The first kappa shape index (κ1) is 17.8. The Labute approximate surface area is 135 Å². The van der Waals surface area contributed by atoms with Crippen molar-refractivity contribution in [1.82, 2.24) is 9.47 Å². The number of alkyl halides is 3. The van der Waals surface area contributed by atoms with Gasteiger partial charge in [-0.25, -0.2) is 0 Å². The van der Waals surface area contributed by atoms with Gasteiger partial charge >= 0.3 is 6.18 Å². The van der Waals surface area contributed by atoms with Crippen molar-refractivity contribution < 1.29 is 22.7 Å².